The number of fused-ring (bicyclic) bond motifs is 2. The van der Waals surface area contributed by atoms with Gasteiger partial charge in [-0.05, 0) is 96.5 Å². The maximum atomic E-state index is 13.7. The number of benzene rings is 2. The largest absolute Gasteiger partial charge is 0.273 e. The molecule has 208 valence electrons. The molecule has 1 fully saturated rings. The van der Waals surface area contributed by atoms with E-state index in [1.54, 1.807) is 6.07 Å². The van der Waals surface area contributed by atoms with Crippen molar-refractivity contribution in [2.45, 2.75) is 81.1 Å². The molecular formula is C34H38N2O4. The Bertz CT molecular complexity index is 1580. The highest BCUT2D eigenvalue weighted by molar-refractivity contribution is 6.35. The van der Waals surface area contributed by atoms with Crippen LogP contribution in [0.4, 0.5) is 11.4 Å². The summed E-state index contributed by atoms with van der Waals surface area (Å²) in [5, 5.41) is 0. The van der Waals surface area contributed by atoms with Gasteiger partial charge in [-0.25, -0.2) is 9.80 Å². The molecule has 1 atom stereocenters. The Morgan fingerprint density at radius 3 is 1.73 bits per heavy atom. The van der Waals surface area contributed by atoms with E-state index >= 15 is 0 Å². The number of imide groups is 2. The molecule has 0 aromatic heterocycles. The second kappa shape index (κ2) is 8.85. The Morgan fingerprint density at radius 2 is 1.20 bits per heavy atom. The van der Waals surface area contributed by atoms with Crippen LogP contribution in [0, 0.1) is 39.0 Å². The van der Waals surface area contributed by atoms with Crippen LogP contribution in [0.3, 0.4) is 0 Å². The summed E-state index contributed by atoms with van der Waals surface area (Å²) in [6, 6.07) is 5.47. The fourth-order valence-electron chi connectivity index (χ4n) is 6.12. The summed E-state index contributed by atoms with van der Waals surface area (Å²) in [5.41, 5.74) is 6.93. The molecule has 2 heterocycles. The Labute approximate surface area is 236 Å². The number of rotatable bonds is 2. The van der Waals surface area contributed by atoms with Gasteiger partial charge in [0, 0.05) is 5.57 Å². The lowest BCUT2D eigenvalue weighted by Crippen LogP contribution is -2.34. The monoisotopic (exact) mass is 538 g/mol. The average Bonchev–Trinajstić information content (AvgIpc) is 3.27. The molecule has 0 spiro atoms. The van der Waals surface area contributed by atoms with Crippen LogP contribution in [0.1, 0.15) is 96.5 Å². The van der Waals surface area contributed by atoms with Crippen molar-refractivity contribution in [1.82, 2.24) is 0 Å². The summed E-state index contributed by atoms with van der Waals surface area (Å²) >= 11 is 0. The molecule has 2 aromatic rings. The first kappa shape index (κ1) is 27.8. The minimum Gasteiger partial charge on any atom is -0.273 e. The van der Waals surface area contributed by atoms with Crippen molar-refractivity contribution in [3.63, 3.8) is 0 Å². The first-order valence-corrected chi connectivity index (χ1v) is 13.9. The molecule has 0 radical (unpaired) electrons. The van der Waals surface area contributed by atoms with Crippen LogP contribution < -0.4 is 9.80 Å². The van der Waals surface area contributed by atoms with E-state index in [9.17, 15) is 19.2 Å². The second-order valence-corrected chi connectivity index (χ2v) is 13.4. The van der Waals surface area contributed by atoms with E-state index in [1.165, 1.54) is 9.80 Å². The number of carbonyl (C=O) groups excluding carboxylic acids is 4. The van der Waals surface area contributed by atoms with E-state index < -0.39 is 5.92 Å². The lowest BCUT2D eigenvalue weighted by Gasteiger charge is -2.28. The van der Waals surface area contributed by atoms with E-state index in [0.717, 1.165) is 11.1 Å². The Morgan fingerprint density at radius 1 is 0.675 bits per heavy atom. The minimum absolute atomic E-state index is 0.130. The average molecular weight is 539 g/mol. The van der Waals surface area contributed by atoms with Crippen LogP contribution in [-0.4, -0.2) is 23.6 Å². The van der Waals surface area contributed by atoms with Gasteiger partial charge in [0.2, 0.25) is 5.91 Å². The Hall–Kier alpha value is -3.80. The smallest absolute Gasteiger partial charge is 0.266 e. The van der Waals surface area contributed by atoms with Gasteiger partial charge in [-0.15, -0.1) is 0 Å². The summed E-state index contributed by atoms with van der Waals surface area (Å²) in [6.45, 7) is 19.9. The van der Waals surface area contributed by atoms with Crippen molar-refractivity contribution in [2.24, 2.45) is 11.3 Å². The third kappa shape index (κ3) is 3.91. The van der Waals surface area contributed by atoms with Crippen LogP contribution in [0.2, 0.25) is 0 Å². The molecule has 6 heteroatoms. The van der Waals surface area contributed by atoms with E-state index in [2.05, 4.69) is 47.6 Å². The van der Waals surface area contributed by atoms with Gasteiger partial charge in [0.1, 0.15) is 0 Å². The van der Waals surface area contributed by atoms with Crippen LogP contribution in [0.5, 0.6) is 0 Å². The zero-order chi connectivity index (χ0) is 29.6. The number of anilines is 2. The zero-order valence-corrected chi connectivity index (χ0v) is 25.2. The van der Waals surface area contributed by atoms with Gasteiger partial charge in [0.15, 0.2) is 0 Å². The first-order chi connectivity index (χ1) is 18.5. The number of carbonyl (C=O) groups is 4. The maximum Gasteiger partial charge on any atom is 0.266 e. The number of amides is 4. The van der Waals surface area contributed by atoms with Crippen molar-refractivity contribution in [2.75, 3.05) is 9.80 Å². The molecule has 0 saturated carbocycles. The standard InChI is InChI=1S/C34H38N2O4/c1-17-18(2)28(36-30(38)24-14-12-22(34(8,9)10)16-26(24)32(36)40)20(4)19(3)27(17)35-29(37)23-13-11-21(33(5,6)7)15-25(23)31(35)39/h11-13,15-16,24H,14H2,1-10H3. The molecule has 40 heavy (non-hydrogen) atoms. The van der Waals surface area contributed by atoms with Gasteiger partial charge >= 0.3 is 0 Å². The molecule has 4 amide bonds. The third-order valence-corrected chi connectivity index (χ3v) is 8.84. The number of nitrogens with zero attached hydrogens (tertiary/aromatic N) is 2. The minimum atomic E-state index is -0.495. The summed E-state index contributed by atoms with van der Waals surface area (Å²) in [7, 11) is 0. The van der Waals surface area contributed by atoms with E-state index in [1.807, 2.05) is 45.9 Å². The van der Waals surface area contributed by atoms with E-state index in [4.69, 9.17) is 0 Å². The van der Waals surface area contributed by atoms with Crippen molar-refractivity contribution < 1.29 is 19.2 Å². The molecule has 1 unspecified atom stereocenters. The normalized spacial score (nSPS) is 19.3. The van der Waals surface area contributed by atoms with Gasteiger partial charge < -0.3 is 0 Å². The fourth-order valence-corrected chi connectivity index (χ4v) is 6.12. The fraction of sp³-hybridized carbons (Fsp3) is 0.412. The molecular weight excluding hydrogens is 500 g/mol. The zero-order valence-electron chi connectivity index (χ0n) is 25.2. The molecule has 1 saturated heterocycles. The van der Waals surface area contributed by atoms with Crippen LogP contribution in [0.25, 0.3) is 0 Å². The van der Waals surface area contributed by atoms with Crippen molar-refractivity contribution >= 4 is 35.0 Å². The highest BCUT2D eigenvalue weighted by Crippen LogP contribution is 2.46. The van der Waals surface area contributed by atoms with Crippen molar-refractivity contribution in [3.8, 4) is 0 Å². The number of allylic oxidation sites excluding steroid dienone is 3. The quantitative estimate of drug-likeness (QED) is 0.394. The van der Waals surface area contributed by atoms with Gasteiger partial charge in [-0.2, -0.15) is 0 Å². The lowest BCUT2D eigenvalue weighted by atomic mass is 9.79. The predicted octanol–water partition coefficient (Wildman–Crippen LogP) is 6.81. The van der Waals surface area contributed by atoms with Crippen molar-refractivity contribution in [1.29, 1.82) is 0 Å². The first-order valence-electron chi connectivity index (χ1n) is 13.9. The lowest BCUT2D eigenvalue weighted by molar-refractivity contribution is -0.122. The SMILES string of the molecule is Cc1c(C)c(N2C(=O)C3=CC(C(C)(C)C)=CCC3C2=O)c(C)c(C)c1N1C(=O)c2ccc(C(C)(C)C)cc2C1=O. The summed E-state index contributed by atoms with van der Waals surface area (Å²) in [6.07, 6.45) is 4.45. The molecule has 1 aliphatic carbocycles. The highest BCUT2D eigenvalue weighted by Gasteiger charge is 2.47. The van der Waals surface area contributed by atoms with Gasteiger partial charge in [0.05, 0.1) is 28.4 Å². The van der Waals surface area contributed by atoms with Gasteiger partial charge in [0.25, 0.3) is 17.7 Å². The van der Waals surface area contributed by atoms with Crippen LogP contribution in [-0.2, 0) is 15.0 Å². The molecule has 3 aliphatic rings. The highest BCUT2D eigenvalue weighted by atomic mass is 16.2. The predicted molar refractivity (Wildman–Crippen MR) is 158 cm³/mol. The Balaban J connectivity index is 1.60. The molecule has 6 nitrogen and oxygen atoms in total. The summed E-state index contributed by atoms with van der Waals surface area (Å²) < 4.78 is 0. The van der Waals surface area contributed by atoms with Crippen molar-refractivity contribution in [3.05, 3.63) is 80.4 Å². The van der Waals surface area contributed by atoms with Gasteiger partial charge in [-0.3, -0.25) is 19.2 Å². The number of hydrogen-bond donors (Lipinski definition) is 0. The summed E-state index contributed by atoms with van der Waals surface area (Å²) in [4.78, 5) is 57.3. The maximum absolute atomic E-state index is 13.7. The van der Waals surface area contributed by atoms with Gasteiger partial charge in [-0.1, -0.05) is 53.7 Å². The number of hydrogen-bond acceptors (Lipinski definition) is 4. The molecule has 2 aromatic carbocycles. The molecule has 5 rings (SSSR count). The molecule has 2 aliphatic heterocycles. The third-order valence-electron chi connectivity index (χ3n) is 8.84. The topological polar surface area (TPSA) is 74.8 Å². The van der Waals surface area contributed by atoms with E-state index in [0.29, 0.717) is 56.7 Å². The molecule has 0 bridgehead atoms. The summed E-state index contributed by atoms with van der Waals surface area (Å²) in [5.74, 6) is -1.73. The Kier molecular flexibility index (Phi) is 6.14. The second-order valence-electron chi connectivity index (χ2n) is 13.4. The van der Waals surface area contributed by atoms with Crippen LogP contribution >= 0.6 is 0 Å². The van der Waals surface area contributed by atoms with E-state index in [-0.39, 0.29) is 34.5 Å². The van der Waals surface area contributed by atoms with Crippen LogP contribution in [0.15, 0.2) is 41.5 Å². The molecule has 0 N–H and O–H groups in total.